The molecule has 0 fully saturated rings. The Bertz CT molecular complexity index is 832. The van der Waals surface area contributed by atoms with E-state index in [9.17, 15) is 14.7 Å². The molecule has 0 aliphatic heterocycles. The van der Waals surface area contributed by atoms with Gasteiger partial charge in [0.2, 0.25) is 5.75 Å². The quantitative estimate of drug-likeness (QED) is 0.0884. The summed E-state index contributed by atoms with van der Waals surface area (Å²) in [6.45, 7) is 24.3. The van der Waals surface area contributed by atoms with E-state index in [2.05, 4.69) is 46.9 Å². The highest BCUT2D eigenvalue weighted by atomic mass is 79.9. The van der Waals surface area contributed by atoms with Crippen molar-refractivity contribution in [2.75, 3.05) is 78.7 Å². The van der Waals surface area contributed by atoms with Gasteiger partial charge in [0, 0.05) is 18.5 Å². The highest BCUT2D eigenvalue weighted by molar-refractivity contribution is 5.95. The largest absolute Gasteiger partial charge is 1.00 e. The van der Waals surface area contributed by atoms with Gasteiger partial charge in [0.15, 0.2) is 11.5 Å². The smallest absolute Gasteiger partial charge is 0.305 e. The third-order valence-electron chi connectivity index (χ3n) is 8.62. The van der Waals surface area contributed by atoms with Crippen LogP contribution in [-0.4, -0.2) is 105 Å². The van der Waals surface area contributed by atoms with E-state index >= 15 is 0 Å². The minimum Gasteiger partial charge on any atom is -1.00 e. The highest BCUT2D eigenvalue weighted by Crippen LogP contribution is 2.38. The Morgan fingerprint density at radius 2 is 1.19 bits per heavy atom. The van der Waals surface area contributed by atoms with Gasteiger partial charge in [-0.15, -0.1) is 0 Å². The molecule has 0 unspecified atom stereocenters. The molecule has 0 atom stereocenters. The molecule has 0 saturated heterocycles. The van der Waals surface area contributed by atoms with Crippen LogP contribution in [0.15, 0.2) is 12.1 Å². The molecule has 42 heavy (non-hydrogen) atoms. The van der Waals surface area contributed by atoms with Crippen molar-refractivity contribution in [3.8, 4) is 17.2 Å². The van der Waals surface area contributed by atoms with Gasteiger partial charge in [0.05, 0.1) is 45.9 Å². The number of unbranched alkanes of at least 4 members (excludes halogenated alkanes) is 2. The first kappa shape index (κ1) is 42.6. The Kier molecular flexibility index (Phi) is 23.2. The summed E-state index contributed by atoms with van der Waals surface area (Å²) < 4.78 is 18.9. The SMILES string of the molecule is CCOC(=O)CCCCCNC(=O)c1cc(OCC[N+](CC)(CC)CC)c(O)c(OCC[N+](CC)(CC)CC)c1.[Br-].[Br-]. The van der Waals surface area contributed by atoms with E-state index in [1.807, 2.05) is 0 Å². The second-order valence-electron chi connectivity index (χ2n) is 10.4. The second-order valence-corrected chi connectivity index (χ2v) is 10.4. The summed E-state index contributed by atoms with van der Waals surface area (Å²) in [7, 11) is 0. The third-order valence-corrected chi connectivity index (χ3v) is 8.62. The first-order valence-corrected chi connectivity index (χ1v) is 15.5. The number of nitrogens with one attached hydrogen (secondary N) is 1. The molecular formula is C31H57Br2N3O6. The number of carbonyl (C=O) groups excluding carboxylic acids is 2. The summed E-state index contributed by atoms with van der Waals surface area (Å²) in [6, 6.07) is 3.20. The molecule has 0 spiro atoms. The lowest BCUT2D eigenvalue weighted by Gasteiger charge is -2.35. The molecule has 246 valence electrons. The zero-order valence-corrected chi connectivity index (χ0v) is 30.3. The monoisotopic (exact) mass is 725 g/mol. The molecule has 1 amide bonds. The number of aromatic hydroxyl groups is 1. The first-order chi connectivity index (χ1) is 19.2. The normalized spacial score (nSPS) is 11.2. The van der Waals surface area contributed by atoms with Crippen LogP contribution in [0.5, 0.6) is 17.2 Å². The fourth-order valence-corrected chi connectivity index (χ4v) is 5.03. The molecule has 0 bridgehead atoms. The van der Waals surface area contributed by atoms with E-state index in [1.165, 1.54) is 0 Å². The predicted molar refractivity (Wildman–Crippen MR) is 160 cm³/mol. The number of likely N-dealkylation sites (N-methyl/N-ethyl adjacent to an activating group) is 2. The van der Waals surface area contributed by atoms with Gasteiger partial charge in [-0.05, 0) is 73.4 Å². The number of quaternary nitrogens is 2. The van der Waals surface area contributed by atoms with Crippen LogP contribution in [0.1, 0.15) is 84.5 Å². The van der Waals surface area contributed by atoms with Gasteiger partial charge in [-0.3, -0.25) is 9.59 Å². The van der Waals surface area contributed by atoms with Crippen molar-refractivity contribution in [1.82, 2.24) is 5.32 Å². The maximum atomic E-state index is 13.0. The van der Waals surface area contributed by atoms with E-state index in [-0.39, 0.29) is 63.1 Å². The molecule has 1 aromatic carbocycles. The standard InChI is InChI=1S/C31H55N3O6.2BrH/c1-8-33(9-2,10-3)20-22-39-27-24-26(31(37)32-19-17-15-16-18-29(35)38-14-7)25-28(30(27)36)40-23-21-34(11-4,12-5)13-6;;/h24-25H,8-23H2,1-7H3;2*1H. The van der Waals surface area contributed by atoms with Crippen LogP contribution < -0.4 is 48.8 Å². The van der Waals surface area contributed by atoms with Gasteiger partial charge in [0.1, 0.15) is 26.3 Å². The lowest BCUT2D eigenvalue weighted by molar-refractivity contribution is -0.923. The summed E-state index contributed by atoms with van der Waals surface area (Å²) in [5.41, 5.74) is 0.388. The Morgan fingerprint density at radius 3 is 1.60 bits per heavy atom. The summed E-state index contributed by atoms with van der Waals surface area (Å²) in [5, 5.41) is 14.0. The van der Waals surface area contributed by atoms with E-state index in [4.69, 9.17) is 14.2 Å². The predicted octanol–water partition coefficient (Wildman–Crippen LogP) is -1.24. The van der Waals surface area contributed by atoms with Gasteiger partial charge in [-0.25, -0.2) is 0 Å². The summed E-state index contributed by atoms with van der Waals surface area (Å²) in [6.07, 6.45) is 2.69. The van der Waals surface area contributed by atoms with E-state index in [1.54, 1.807) is 19.1 Å². The number of benzene rings is 1. The minimum atomic E-state index is -0.248. The van der Waals surface area contributed by atoms with Crippen molar-refractivity contribution in [2.45, 2.75) is 74.1 Å². The number of hydrogen-bond donors (Lipinski definition) is 2. The lowest BCUT2D eigenvalue weighted by atomic mass is 10.1. The summed E-state index contributed by atoms with van der Waals surface area (Å²) in [5.74, 6) is 0.0280. The number of esters is 1. The Labute approximate surface area is 276 Å². The van der Waals surface area contributed by atoms with Crippen molar-refractivity contribution < 1.29 is 71.8 Å². The zero-order chi connectivity index (χ0) is 30.0. The molecule has 9 nitrogen and oxygen atoms in total. The number of halogens is 2. The number of carbonyl (C=O) groups is 2. The van der Waals surface area contributed by atoms with Crippen LogP contribution in [-0.2, 0) is 9.53 Å². The minimum absolute atomic E-state index is 0. The number of amides is 1. The van der Waals surface area contributed by atoms with Crippen LogP contribution in [0, 0.1) is 0 Å². The van der Waals surface area contributed by atoms with Crippen molar-refractivity contribution in [2.24, 2.45) is 0 Å². The van der Waals surface area contributed by atoms with E-state index in [0.29, 0.717) is 38.3 Å². The molecule has 0 aromatic heterocycles. The Morgan fingerprint density at radius 1 is 0.738 bits per heavy atom. The second kappa shape index (κ2) is 22.9. The molecule has 0 aliphatic rings. The van der Waals surface area contributed by atoms with Crippen molar-refractivity contribution in [3.63, 3.8) is 0 Å². The van der Waals surface area contributed by atoms with Gasteiger partial charge < -0.3 is 67.6 Å². The molecule has 1 rings (SSSR count). The van der Waals surface area contributed by atoms with Crippen LogP contribution in [0.4, 0.5) is 0 Å². The number of phenolic OH excluding ortho intramolecular Hbond substituents is 1. The maximum absolute atomic E-state index is 13.0. The summed E-state index contributed by atoms with van der Waals surface area (Å²) in [4.78, 5) is 24.5. The van der Waals surface area contributed by atoms with Crippen LogP contribution in [0.25, 0.3) is 0 Å². The van der Waals surface area contributed by atoms with Gasteiger partial charge in [-0.2, -0.15) is 0 Å². The first-order valence-electron chi connectivity index (χ1n) is 15.5. The number of ether oxygens (including phenoxy) is 3. The molecular weight excluding hydrogens is 670 g/mol. The molecule has 11 heteroatoms. The molecule has 0 saturated carbocycles. The molecule has 0 heterocycles. The Hall–Kier alpha value is -1.56. The topological polar surface area (TPSA) is 94.1 Å². The van der Waals surface area contributed by atoms with Gasteiger partial charge in [-0.1, -0.05) is 6.42 Å². The molecule has 0 aliphatic carbocycles. The average Bonchev–Trinajstić information content (AvgIpc) is 2.97. The van der Waals surface area contributed by atoms with Gasteiger partial charge in [0.25, 0.3) is 5.91 Å². The Balaban J connectivity index is 0. The van der Waals surface area contributed by atoms with E-state index < -0.39 is 0 Å². The zero-order valence-electron chi connectivity index (χ0n) is 27.1. The molecule has 0 radical (unpaired) electrons. The average molecular weight is 728 g/mol. The third kappa shape index (κ3) is 13.8. The molecule has 1 aromatic rings. The van der Waals surface area contributed by atoms with Crippen molar-refractivity contribution >= 4 is 11.9 Å². The number of rotatable bonds is 22. The highest BCUT2D eigenvalue weighted by Gasteiger charge is 2.24. The maximum Gasteiger partial charge on any atom is 0.305 e. The van der Waals surface area contributed by atoms with E-state index in [0.717, 1.165) is 80.6 Å². The van der Waals surface area contributed by atoms with Crippen LogP contribution in [0.2, 0.25) is 0 Å². The molecule has 2 N–H and O–H groups in total. The van der Waals surface area contributed by atoms with Crippen LogP contribution >= 0.6 is 0 Å². The van der Waals surface area contributed by atoms with Crippen LogP contribution in [0.3, 0.4) is 0 Å². The number of hydrogen-bond acceptors (Lipinski definition) is 6. The fraction of sp³-hybridized carbons (Fsp3) is 0.742. The fourth-order valence-electron chi connectivity index (χ4n) is 5.03. The number of nitrogens with zero attached hydrogens (tertiary/aromatic N) is 2. The summed E-state index contributed by atoms with van der Waals surface area (Å²) >= 11 is 0. The van der Waals surface area contributed by atoms with Crippen molar-refractivity contribution in [1.29, 1.82) is 0 Å². The number of phenols is 1. The lowest BCUT2D eigenvalue weighted by Crippen LogP contribution is -3.00. The van der Waals surface area contributed by atoms with Crippen molar-refractivity contribution in [3.05, 3.63) is 17.7 Å². The van der Waals surface area contributed by atoms with Gasteiger partial charge >= 0.3 is 5.97 Å².